The highest BCUT2D eigenvalue weighted by Crippen LogP contribution is 2.20. The van der Waals surface area contributed by atoms with E-state index in [0.717, 1.165) is 25.7 Å². The summed E-state index contributed by atoms with van der Waals surface area (Å²) >= 11 is 0. The number of carbonyl (C=O) groups is 1. The molecule has 0 amide bonds. The van der Waals surface area contributed by atoms with Crippen LogP contribution in [0.15, 0.2) is 0 Å². The summed E-state index contributed by atoms with van der Waals surface area (Å²) in [5.74, 6) is 2.21. The number of ether oxygens (including phenoxy) is 2. The Morgan fingerprint density at radius 3 is 2.69 bits per heavy atom. The maximum atomic E-state index is 10.9. The van der Waals surface area contributed by atoms with Gasteiger partial charge >= 0.3 is 6.16 Å². The van der Waals surface area contributed by atoms with E-state index in [9.17, 15) is 4.79 Å². The van der Waals surface area contributed by atoms with E-state index in [1.807, 2.05) is 0 Å². The van der Waals surface area contributed by atoms with Crippen molar-refractivity contribution >= 4 is 6.16 Å². The molecule has 0 atom stereocenters. The maximum absolute atomic E-state index is 10.9. The van der Waals surface area contributed by atoms with Crippen molar-refractivity contribution in [2.24, 2.45) is 0 Å². The van der Waals surface area contributed by atoms with Gasteiger partial charge in [0, 0.05) is 0 Å². The molecule has 0 aliphatic heterocycles. The van der Waals surface area contributed by atoms with Gasteiger partial charge in [-0.2, -0.15) is 0 Å². The Hall–Kier alpha value is -1.17. The fourth-order valence-corrected chi connectivity index (χ4v) is 1.45. The van der Waals surface area contributed by atoms with Crippen LogP contribution in [0.2, 0.25) is 0 Å². The summed E-state index contributed by atoms with van der Waals surface area (Å²) in [6, 6.07) is 0. The molecule has 0 aromatic rings. The van der Waals surface area contributed by atoms with E-state index in [-0.39, 0.29) is 12.7 Å². The zero-order valence-corrected chi connectivity index (χ0v) is 7.62. The number of rotatable bonds is 2. The van der Waals surface area contributed by atoms with Crippen LogP contribution in [0.4, 0.5) is 4.79 Å². The second-order valence-electron chi connectivity index (χ2n) is 3.12. The largest absolute Gasteiger partial charge is 0.509 e. The van der Waals surface area contributed by atoms with Crippen LogP contribution in [0.1, 0.15) is 32.1 Å². The SMILES string of the molecule is C#CCOC(=O)OC1CCCCC1. The fraction of sp³-hybridized carbons (Fsp3) is 0.700. The van der Waals surface area contributed by atoms with Crippen molar-refractivity contribution in [3.8, 4) is 12.3 Å². The molecule has 13 heavy (non-hydrogen) atoms. The van der Waals surface area contributed by atoms with Gasteiger partial charge in [-0.05, 0) is 25.7 Å². The van der Waals surface area contributed by atoms with E-state index in [0.29, 0.717) is 0 Å². The first-order valence-corrected chi connectivity index (χ1v) is 4.60. The zero-order chi connectivity index (χ0) is 9.52. The summed E-state index contributed by atoms with van der Waals surface area (Å²) < 4.78 is 9.63. The molecule has 0 heterocycles. The molecule has 0 N–H and O–H groups in total. The second-order valence-corrected chi connectivity index (χ2v) is 3.12. The Bertz CT molecular complexity index is 199. The minimum absolute atomic E-state index is 0.00838. The van der Waals surface area contributed by atoms with Crippen molar-refractivity contribution in [1.82, 2.24) is 0 Å². The standard InChI is InChI=1S/C10H14O3/c1-2-8-12-10(11)13-9-6-4-3-5-7-9/h1,9H,3-8H2. The van der Waals surface area contributed by atoms with Crippen LogP contribution in [-0.2, 0) is 9.47 Å². The van der Waals surface area contributed by atoms with Crippen LogP contribution >= 0.6 is 0 Å². The third-order valence-corrected chi connectivity index (χ3v) is 2.09. The van der Waals surface area contributed by atoms with E-state index >= 15 is 0 Å². The Labute approximate surface area is 78.4 Å². The fourth-order valence-electron chi connectivity index (χ4n) is 1.45. The zero-order valence-electron chi connectivity index (χ0n) is 7.62. The Morgan fingerprint density at radius 1 is 1.38 bits per heavy atom. The lowest BCUT2D eigenvalue weighted by molar-refractivity contribution is 0.0175. The van der Waals surface area contributed by atoms with Crippen molar-refractivity contribution in [2.45, 2.75) is 38.2 Å². The summed E-state index contributed by atoms with van der Waals surface area (Å²) in [7, 11) is 0. The van der Waals surface area contributed by atoms with Gasteiger partial charge < -0.3 is 9.47 Å². The molecule has 1 saturated carbocycles. The first-order valence-electron chi connectivity index (χ1n) is 4.60. The van der Waals surface area contributed by atoms with Crippen LogP contribution in [0.25, 0.3) is 0 Å². The molecule has 0 spiro atoms. The van der Waals surface area contributed by atoms with E-state index in [1.165, 1.54) is 6.42 Å². The van der Waals surface area contributed by atoms with Gasteiger partial charge in [-0.25, -0.2) is 4.79 Å². The molecule has 72 valence electrons. The predicted molar refractivity (Wildman–Crippen MR) is 48.1 cm³/mol. The van der Waals surface area contributed by atoms with Crippen molar-refractivity contribution < 1.29 is 14.3 Å². The molecule has 1 fully saturated rings. The molecule has 1 aliphatic rings. The van der Waals surface area contributed by atoms with Gasteiger partial charge in [-0.1, -0.05) is 12.3 Å². The molecule has 3 heteroatoms. The van der Waals surface area contributed by atoms with Crippen molar-refractivity contribution in [2.75, 3.05) is 6.61 Å². The molecule has 3 nitrogen and oxygen atoms in total. The molecule has 0 saturated heterocycles. The summed E-state index contributed by atoms with van der Waals surface area (Å²) in [5.41, 5.74) is 0. The number of terminal acetylenes is 1. The third-order valence-electron chi connectivity index (χ3n) is 2.09. The smallest absolute Gasteiger partial charge is 0.431 e. The second kappa shape index (κ2) is 5.47. The van der Waals surface area contributed by atoms with Crippen LogP contribution in [0, 0.1) is 12.3 Å². The van der Waals surface area contributed by atoms with Crippen molar-refractivity contribution in [3.05, 3.63) is 0 Å². The average Bonchev–Trinajstić information content (AvgIpc) is 2.16. The minimum Gasteiger partial charge on any atom is -0.431 e. The lowest BCUT2D eigenvalue weighted by atomic mass is 9.98. The Kier molecular flexibility index (Phi) is 4.17. The van der Waals surface area contributed by atoms with Gasteiger partial charge in [0.05, 0.1) is 0 Å². The molecule has 0 aromatic carbocycles. The number of hydrogen-bond donors (Lipinski definition) is 0. The first-order chi connectivity index (χ1) is 6.33. The molecular formula is C10H14O3. The molecule has 0 unspecified atom stereocenters. The lowest BCUT2D eigenvalue weighted by Crippen LogP contribution is -2.21. The Balaban J connectivity index is 2.15. The summed E-state index contributed by atoms with van der Waals surface area (Å²) in [4.78, 5) is 10.9. The van der Waals surface area contributed by atoms with Gasteiger partial charge in [-0.15, -0.1) is 6.42 Å². The van der Waals surface area contributed by atoms with Gasteiger partial charge in [0.2, 0.25) is 0 Å². The molecule has 0 radical (unpaired) electrons. The third kappa shape index (κ3) is 3.84. The topological polar surface area (TPSA) is 35.5 Å². The van der Waals surface area contributed by atoms with Crippen LogP contribution < -0.4 is 0 Å². The van der Waals surface area contributed by atoms with E-state index in [1.54, 1.807) is 0 Å². The summed E-state index contributed by atoms with van der Waals surface area (Å²) in [6.45, 7) is -0.00838. The van der Waals surface area contributed by atoms with E-state index in [4.69, 9.17) is 11.2 Å². The monoisotopic (exact) mass is 182 g/mol. The highest BCUT2D eigenvalue weighted by molar-refractivity contribution is 5.60. The highest BCUT2D eigenvalue weighted by atomic mass is 16.7. The normalized spacial score (nSPS) is 17.5. The van der Waals surface area contributed by atoms with Gasteiger partial charge in [-0.3, -0.25) is 0 Å². The molecule has 1 rings (SSSR count). The number of carbonyl (C=O) groups excluding carboxylic acids is 1. The molecule has 1 aliphatic carbocycles. The van der Waals surface area contributed by atoms with Gasteiger partial charge in [0.1, 0.15) is 6.10 Å². The summed E-state index contributed by atoms with van der Waals surface area (Å²) in [5, 5.41) is 0. The molecule has 0 aromatic heterocycles. The highest BCUT2D eigenvalue weighted by Gasteiger charge is 2.17. The van der Waals surface area contributed by atoms with Crippen LogP contribution in [0.3, 0.4) is 0 Å². The van der Waals surface area contributed by atoms with E-state index in [2.05, 4.69) is 10.7 Å². The summed E-state index contributed by atoms with van der Waals surface area (Å²) in [6.07, 6.45) is 9.73. The predicted octanol–water partition coefficient (Wildman–Crippen LogP) is 2.11. The minimum atomic E-state index is -0.634. The number of hydrogen-bond acceptors (Lipinski definition) is 3. The van der Waals surface area contributed by atoms with Gasteiger partial charge in [0.25, 0.3) is 0 Å². The van der Waals surface area contributed by atoms with Crippen molar-refractivity contribution in [3.63, 3.8) is 0 Å². The average molecular weight is 182 g/mol. The molecule has 0 bridgehead atoms. The van der Waals surface area contributed by atoms with Crippen LogP contribution in [0.5, 0.6) is 0 Å². The van der Waals surface area contributed by atoms with Gasteiger partial charge in [0.15, 0.2) is 6.61 Å². The van der Waals surface area contributed by atoms with Crippen molar-refractivity contribution in [1.29, 1.82) is 0 Å². The molecular weight excluding hydrogens is 168 g/mol. The maximum Gasteiger partial charge on any atom is 0.509 e. The lowest BCUT2D eigenvalue weighted by Gasteiger charge is -2.20. The quantitative estimate of drug-likeness (QED) is 0.484. The Morgan fingerprint density at radius 2 is 2.08 bits per heavy atom. The van der Waals surface area contributed by atoms with E-state index < -0.39 is 6.16 Å². The first kappa shape index (κ1) is 9.91. The van der Waals surface area contributed by atoms with Crippen LogP contribution in [-0.4, -0.2) is 18.9 Å².